The Balaban J connectivity index is 2.19. The molecule has 6 heteroatoms. The van der Waals surface area contributed by atoms with E-state index in [1.54, 1.807) is 0 Å². The number of hydrogen-bond acceptors (Lipinski definition) is 2. The molecule has 90 valence electrons. The van der Waals surface area contributed by atoms with E-state index in [9.17, 15) is 13.2 Å². The first-order valence-electron chi connectivity index (χ1n) is 5.03. The van der Waals surface area contributed by atoms with Crippen LogP contribution in [0, 0.1) is 0 Å². The molecule has 0 saturated heterocycles. The van der Waals surface area contributed by atoms with Gasteiger partial charge in [0.25, 0.3) is 0 Å². The summed E-state index contributed by atoms with van der Waals surface area (Å²) in [6, 6.07) is 0.470. The molecular weight excluding hydrogens is 247 g/mol. The minimum atomic E-state index is -4.10. The third-order valence-corrected chi connectivity index (χ3v) is 3.49. The molecule has 0 aliphatic heterocycles. The molecule has 0 spiro atoms. The van der Waals surface area contributed by atoms with Gasteiger partial charge in [0.2, 0.25) is 0 Å². The van der Waals surface area contributed by atoms with E-state index in [1.165, 1.54) is 6.42 Å². The lowest BCUT2D eigenvalue weighted by Gasteiger charge is -2.37. The van der Waals surface area contributed by atoms with Gasteiger partial charge in [0.1, 0.15) is 0 Å². The lowest BCUT2D eigenvalue weighted by Crippen LogP contribution is -2.42. The van der Waals surface area contributed by atoms with Crippen LogP contribution in [-0.4, -0.2) is 41.2 Å². The van der Waals surface area contributed by atoms with Crippen LogP contribution >= 0.6 is 23.4 Å². The smallest absolute Gasteiger partial charge is 0.298 e. The molecule has 1 aliphatic rings. The Hall–Kier alpha value is 0.390. The molecule has 15 heavy (non-hydrogen) atoms. The van der Waals surface area contributed by atoms with Gasteiger partial charge in [0, 0.05) is 30.8 Å². The highest BCUT2D eigenvalue weighted by molar-refractivity contribution is 8.00. The molecule has 0 bridgehead atoms. The number of rotatable bonds is 6. The van der Waals surface area contributed by atoms with Crippen molar-refractivity contribution in [2.75, 3.05) is 24.7 Å². The molecule has 0 aromatic carbocycles. The van der Waals surface area contributed by atoms with Crippen molar-refractivity contribution < 1.29 is 13.2 Å². The molecule has 0 radical (unpaired) electrons. The van der Waals surface area contributed by atoms with Crippen LogP contribution < -0.4 is 0 Å². The van der Waals surface area contributed by atoms with Gasteiger partial charge < -0.3 is 0 Å². The van der Waals surface area contributed by atoms with Crippen LogP contribution in [0.5, 0.6) is 0 Å². The summed E-state index contributed by atoms with van der Waals surface area (Å²) >= 11 is 5.67. The molecule has 0 atom stereocenters. The van der Waals surface area contributed by atoms with Gasteiger partial charge in [-0.2, -0.15) is 13.2 Å². The van der Waals surface area contributed by atoms with E-state index in [0.29, 0.717) is 25.0 Å². The average Bonchev–Trinajstić information content (AvgIpc) is 1.98. The van der Waals surface area contributed by atoms with E-state index < -0.39 is 5.51 Å². The third-order valence-electron chi connectivity index (χ3n) is 2.61. The molecule has 1 nitrogen and oxygen atoms in total. The largest absolute Gasteiger partial charge is 0.441 e. The van der Waals surface area contributed by atoms with Crippen LogP contribution in [0.2, 0.25) is 0 Å². The number of hydrogen-bond donors (Lipinski definition) is 0. The van der Waals surface area contributed by atoms with Gasteiger partial charge in [-0.25, -0.2) is 0 Å². The highest BCUT2D eigenvalue weighted by atomic mass is 35.5. The van der Waals surface area contributed by atoms with Crippen molar-refractivity contribution in [3.8, 4) is 0 Å². The Labute approximate surface area is 97.3 Å². The van der Waals surface area contributed by atoms with Crippen LogP contribution in [0.3, 0.4) is 0 Å². The summed E-state index contributed by atoms with van der Waals surface area (Å²) in [5.74, 6) is 0.601. The number of nitrogens with zero attached hydrogens (tertiary/aromatic N) is 1. The predicted molar refractivity (Wildman–Crippen MR) is 58.4 cm³/mol. The van der Waals surface area contributed by atoms with Crippen molar-refractivity contribution in [3.05, 3.63) is 0 Å². The number of thioether (sulfide) groups is 1. The molecule has 0 unspecified atom stereocenters. The molecular formula is C9H15ClF3NS. The highest BCUT2D eigenvalue weighted by Gasteiger charge is 2.29. The fraction of sp³-hybridized carbons (Fsp3) is 1.00. The van der Waals surface area contributed by atoms with E-state index in [4.69, 9.17) is 11.6 Å². The zero-order valence-electron chi connectivity index (χ0n) is 8.39. The molecule has 0 heterocycles. The Morgan fingerprint density at radius 1 is 1.27 bits per heavy atom. The first-order chi connectivity index (χ1) is 7.03. The number of halogens is 4. The van der Waals surface area contributed by atoms with Crippen molar-refractivity contribution in [2.24, 2.45) is 0 Å². The first-order valence-corrected chi connectivity index (χ1v) is 6.55. The molecule has 1 aliphatic carbocycles. The standard InChI is InChI=1S/C9H15ClF3NS/c10-4-5-14(8-2-1-3-8)6-7-15-9(11,12)13/h8H,1-7H2. The molecule has 0 aromatic heterocycles. The fourth-order valence-electron chi connectivity index (χ4n) is 1.62. The number of alkyl halides is 4. The normalized spacial score (nSPS) is 18.2. The van der Waals surface area contributed by atoms with Crippen molar-refractivity contribution in [1.82, 2.24) is 4.90 Å². The zero-order valence-corrected chi connectivity index (χ0v) is 9.97. The lowest BCUT2D eigenvalue weighted by atomic mass is 9.91. The topological polar surface area (TPSA) is 3.24 Å². The van der Waals surface area contributed by atoms with Gasteiger partial charge in [-0.3, -0.25) is 4.90 Å². The second-order valence-electron chi connectivity index (χ2n) is 3.60. The van der Waals surface area contributed by atoms with E-state index in [0.717, 1.165) is 12.8 Å². The molecule has 0 N–H and O–H groups in total. The van der Waals surface area contributed by atoms with Crippen molar-refractivity contribution in [2.45, 2.75) is 30.8 Å². The summed E-state index contributed by atoms with van der Waals surface area (Å²) in [7, 11) is 0. The van der Waals surface area contributed by atoms with Gasteiger partial charge >= 0.3 is 5.51 Å². The van der Waals surface area contributed by atoms with Gasteiger partial charge in [0.05, 0.1) is 0 Å². The first kappa shape index (κ1) is 13.5. The maximum Gasteiger partial charge on any atom is 0.441 e. The van der Waals surface area contributed by atoms with E-state index in [1.807, 2.05) is 0 Å². The van der Waals surface area contributed by atoms with E-state index >= 15 is 0 Å². The Morgan fingerprint density at radius 3 is 2.33 bits per heavy atom. The molecule has 1 fully saturated rings. The maximum absolute atomic E-state index is 11.9. The fourth-order valence-corrected chi connectivity index (χ4v) is 2.39. The third kappa shape index (κ3) is 5.31. The summed E-state index contributed by atoms with van der Waals surface area (Å²) in [5, 5.41) is 0. The van der Waals surface area contributed by atoms with Gasteiger partial charge in [-0.15, -0.1) is 11.6 Å². The second-order valence-corrected chi connectivity index (χ2v) is 5.14. The van der Waals surface area contributed by atoms with E-state index in [-0.39, 0.29) is 17.5 Å². The van der Waals surface area contributed by atoms with Crippen LogP contribution in [0.1, 0.15) is 19.3 Å². The maximum atomic E-state index is 11.9. The summed E-state index contributed by atoms with van der Waals surface area (Å²) in [5.41, 5.74) is -4.10. The molecule has 1 saturated carbocycles. The highest BCUT2D eigenvalue weighted by Crippen LogP contribution is 2.31. The Bertz CT molecular complexity index is 185. The summed E-state index contributed by atoms with van der Waals surface area (Å²) < 4.78 is 35.7. The van der Waals surface area contributed by atoms with Crippen LogP contribution in [0.25, 0.3) is 0 Å². The Kier molecular flexibility index (Phi) is 5.57. The molecule has 1 rings (SSSR count). The van der Waals surface area contributed by atoms with Crippen molar-refractivity contribution in [3.63, 3.8) is 0 Å². The lowest BCUT2D eigenvalue weighted by molar-refractivity contribution is -0.0329. The molecule has 0 amide bonds. The monoisotopic (exact) mass is 261 g/mol. The van der Waals surface area contributed by atoms with Crippen LogP contribution in [0.4, 0.5) is 13.2 Å². The second kappa shape index (κ2) is 6.21. The minimum Gasteiger partial charge on any atom is -0.298 e. The average molecular weight is 262 g/mol. The van der Waals surface area contributed by atoms with E-state index in [2.05, 4.69) is 4.90 Å². The van der Waals surface area contributed by atoms with Gasteiger partial charge in [-0.05, 0) is 24.6 Å². The van der Waals surface area contributed by atoms with Gasteiger partial charge in [0.15, 0.2) is 0 Å². The van der Waals surface area contributed by atoms with Crippen LogP contribution in [-0.2, 0) is 0 Å². The SMILES string of the molecule is FC(F)(F)SCCN(CCCl)C1CCC1. The zero-order chi connectivity index (χ0) is 11.3. The molecule has 0 aromatic rings. The summed E-state index contributed by atoms with van der Waals surface area (Å²) in [4.78, 5) is 2.08. The summed E-state index contributed by atoms with van der Waals surface area (Å²) in [6.07, 6.45) is 3.40. The van der Waals surface area contributed by atoms with Crippen LogP contribution in [0.15, 0.2) is 0 Å². The Morgan fingerprint density at radius 2 is 1.93 bits per heavy atom. The van der Waals surface area contributed by atoms with Gasteiger partial charge in [-0.1, -0.05) is 6.42 Å². The van der Waals surface area contributed by atoms with Crippen molar-refractivity contribution >= 4 is 23.4 Å². The van der Waals surface area contributed by atoms with Crippen molar-refractivity contribution in [1.29, 1.82) is 0 Å². The summed E-state index contributed by atoms with van der Waals surface area (Å²) in [6.45, 7) is 1.19. The predicted octanol–water partition coefficient (Wildman–Crippen LogP) is 3.33. The quantitative estimate of drug-likeness (QED) is 0.675. The minimum absolute atomic E-state index is 0.0550.